The first-order valence-corrected chi connectivity index (χ1v) is 8.80. The summed E-state index contributed by atoms with van der Waals surface area (Å²) in [5.41, 5.74) is 0.0756. The van der Waals surface area contributed by atoms with Crippen LogP contribution in [0, 0.1) is 34.5 Å². The van der Waals surface area contributed by atoms with Crippen LogP contribution in [0.4, 0.5) is 0 Å². The molecule has 3 heteroatoms. The van der Waals surface area contributed by atoms with E-state index in [9.17, 15) is 15.3 Å². The van der Waals surface area contributed by atoms with E-state index in [-0.39, 0.29) is 10.8 Å². The number of allylic oxidation sites excluding steroid dienone is 4. The van der Waals surface area contributed by atoms with Crippen molar-refractivity contribution < 1.29 is 15.3 Å². The maximum Gasteiger partial charge on any atom is 0.0889 e. The summed E-state index contributed by atoms with van der Waals surface area (Å²) in [7, 11) is 0. The molecule has 0 radical (unpaired) electrons. The van der Waals surface area contributed by atoms with Gasteiger partial charge in [0.15, 0.2) is 0 Å². The molecule has 4 aliphatic rings. The Kier molecular flexibility index (Phi) is 3.09. The topological polar surface area (TPSA) is 60.7 Å². The van der Waals surface area contributed by atoms with Gasteiger partial charge in [-0.25, -0.2) is 0 Å². The third-order valence-corrected chi connectivity index (χ3v) is 7.75. The fraction of sp³-hybridized carbons (Fsp3) is 0.789. The molecule has 0 unspecified atom stereocenters. The number of aliphatic hydroxyl groups is 3. The van der Waals surface area contributed by atoms with Crippen LogP contribution in [0.5, 0.6) is 0 Å². The Morgan fingerprint density at radius 1 is 1.05 bits per heavy atom. The van der Waals surface area contributed by atoms with Crippen molar-refractivity contribution in [2.75, 3.05) is 0 Å². The number of fused-ring (bicyclic) bond motifs is 5. The normalized spacial score (nSPS) is 56.8. The van der Waals surface area contributed by atoms with Crippen molar-refractivity contribution in [2.24, 2.45) is 34.5 Å². The number of aliphatic hydroxyl groups excluding tert-OH is 3. The Balaban J connectivity index is 1.72. The predicted octanol–water partition coefficient (Wildman–Crippen LogP) is 3.19. The number of hydrogen-bond donors (Lipinski definition) is 3. The minimum atomic E-state index is -0.576. The molecule has 8 atom stereocenters. The SMILES string of the molecule is C[C@]12CCC(O)=C[C@H]1C=C[C@@H]1[C@@H]2CC[C@]2(C)[C@@H](O)[C@H](O)C[C@@H]12. The molecule has 2 fully saturated rings. The van der Waals surface area contributed by atoms with Crippen LogP contribution in [-0.4, -0.2) is 27.5 Å². The quantitative estimate of drug-likeness (QED) is 0.602. The Hall–Kier alpha value is -0.800. The molecule has 22 heavy (non-hydrogen) atoms. The Morgan fingerprint density at radius 2 is 1.82 bits per heavy atom. The zero-order chi connectivity index (χ0) is 15.7. The van der Waals surface area contributed by atoms with E-state index in [1.54, 1.807) is 0 Å². The summed E-state index contributed by atoms with van der Waals surface area (Å²) < 4.78 is 0. The van der Waals surface area contributed by atoms with Gasteiger partial charge in [0.25, 0.3) is 0 Å². The van der Waals surface area contributed by atoms with Crippen molar-refractivity contribution >= 4 is 0 Å². The van der Waals surface area contributed by atoms with E-state index >= 15 is 0 Å². The second-order valence-corrected chi connectivity index (χ2v) is 8.66. The first kappa shape index (κ1) is 14.8. The van der Waals surface area contributed by atoms with Crippen LogP contribution < -0.4 is 0 Å². The van der Waals surface area contributed by atoms with E-state index in [2.05, 4.69) is 26.0 Å². The lowest BCUT2D eigenvalue weighted by Crippen LogP contribution is -2.51. The smallest absolute Gasteiger partial charge is 0.0889 e. The second-order valence-electron chi connectivity index (χ2n) is 8.66. The van der Waals surface area contributed by atoms with Gasteiger partial charge >= 0.3 is 0 Å². The maximum absolute atomic E-state index is 10.5. The molecule has 2 saturated carbocycles. The van der Waals surface area contributed by atoms with Crippen LogP contribution >= 0.6 is 0 Å². The molecule has 0 bridgehead atoms. The average molecular weight is 304 g/mol. The third-order valence-electron chi connectivity index (χ3n) is 7.75. The van der Waals surface area contributed by atoms with Crippen LogP contribution in [0.1, 0.15) is 46.0 Å². The first-order chi connectivity index (χ1) is 10.4. The van der Waals surface area contributed by atoms with Crippen molar-refractivity contribution in [3.05, 3.63) is 24.0 Å². The number of rotatable bonds is 0. The Labute approximate surface area is 132 Å². The van der Waals surface area contributed by atoms with E-state index in [4.69, 9.17) is 0 Å². The third kappa shape index (κ3) is 1.75. The van der Waals surface area contributed by atoms with Crippen LogP contribution in [0.3, 0.4) is 0 Å². The lowest BCUT2D eigenvalue weighted by molar-refractivity contribution is -0.0780. The highest BCUT2D eigenvalue weighted by molar-refractivity contribution is 5.24. The van der Waals surface area contributed by atoms with Gasteiger partial charge in [0.05, 0.1) is 18.0 Å². The highest BCUT2D eigenvalue weighted by Crippen LogP contribution is 2.64. The van der Waals surface area contributed by atoms with E-state index < -0.39 is 12.2 Å². The molecule has 3 N–H and O–H groups in total. The molecule has 0 saturated heterocycles. The summed E-state index contributed by atoms with van der Waals surface area (Å²) in [6, 6.07) is 0. The second kappa shape index (κ2) is 4.61. The standard InChI is InChI=1S/C19H28O3/c1-18-7-5-12(20)9-11(18)3-4-13-14(18)6-8-19(2)15(13)10-16(21)17(19)22/h3-4,9,11,13-17,20-22H,5-8,10H2,1-2H3/t11-,13-,14+,15+,16-,17+,18+,19+/m1/s1. The minimum absolute atomic E-state index is 0.138. The average Bonchev–Trinajstić information content (AvgIpc) is 2.72. The summed E-state index contributed by atoms with van der Waals surface area (Å²) >= 11 is 0. The summed E-state index contributed by atoms with van der Waals surface area (Å²) in [6.07, 6.45) is 10.2. The van der Waals surface area contributed by atoms with Gasteiger partial charge in [-0.2, -0.15) is 0 Å². The van der Waals surface area contributed by atoms with E-state index in [1.807, 2.05) is 6.08 Å². The van der Waals surface area contributed by atoms with Crippen molar-refractivity contribution in [2.45, 2.75) is 58.2 Å². The highest BCUT2D eigenvalue weighted by atomic mass is 16.3. The first-order valence-electron chi connectivity index (χ1n) is 8.80. The summed E-state index contributed by atoms with van der Waals surface area (Å²) in [5.74, 6) is 2.31. The van der Waals surface area contributed by atoms with Gasteiger partial charge in [-0.05, 0) is 60.3 Å². The summed E-state index contributed by atoms with van der Waals surface area (Å²) in [4.78, 5) is 0. The van der Waals surface area contributed by atoms with Crippen LogP contribution in [0.25, 0.3) is 0 Å². The molecule has 0 aromatic heterocycles. The molecule has 4 aliphatic carbocycles. The molecule has 122 valence electrons. The molecule has 0 aromatic carbocycles. The van der Waals surface area contributed by atoms with Crippen molar-refractivity contribution in [3.8, 4) is 0 Å². The van der Waals surface area contributed by atoms with Crippen molar-refractivity contribution in [1.29, 1.82) is 0 Å². The Morgan fingerprint density at radius 3 is 2.59 bits per heavy atom. The fourth-order valence-electron chi connectivity index (χ4n) is 6.23. The van der Waals surface area contributed by atoms with Crippen molar-refractivity contribution in [3.63, 3.8) is 0 Å². The predicted molar refractivity (Wildman–Crippen MR) is 85.1 cm³/mol. The molecular formula is C19H28O3. The van der Waals surface area contributed by atoms with E-state index in [1.165, 1.54) is 0 Å². The monoisotopic (exact) mass is 304 g/mol. The van der Waals surface area contributed by atoms with Gasteiger partial charge in [0.2, 0.25) is 0 Å². The fourth-order valence-corrected chi connectivity index (χ4v) is 6.23. The summed E-state index contributed by atoms with van der Waals surface area (Å²) in [6.45, 7) is 4.55. The Bertz CT molecular complexity index is 539. The van der Waals surface area contributed by atoms with Gasteiger partial charge in [-0.3, -0.25) is 0 Å². The molecule has 0 heterocycles. The largest absolute Gasteiger partial charge is 0.513 e. The van der Waals surface area contributed by atoms with Gasteiger partial charge < -0.3 is 15.3 Å². The lowest BCUT2D eigenvalue weighted by Gasteiger charge is -2.56. The number of hydrogen-bond acceptors (Lipinski definition) is 3. The maximum atomic E-state index is 10.5. The van der Waals surface area contributed by atoms with Crippen LogP contribution in [0.2, 0.25) is 0 Å². The molecular weight excluding hydrogens is 276 g/mol. The zero-order valence-electron chi connectivity index (χ0n) is 13.6. The zero-order valence-corrected chi connectivity index (χ0v) is 13.6. The van der Waals surface area contributed by atoms with Crippen LogP contribution in [0.15, 0.2) is 24.0 Å². The van der Waals surface area contributed by atoms with Gasteiger partial charge in [0.1, 0.15) is 0 Å². The van der Waals surface area contributed by atoms with Gasteiger partial charge in [-0.1, -0.05) is 26.0 Å². The van der Waals surface area contributed by atoms with E-state index in [0.717, 1.165) is 32.1 Å². The molecule has 0 spiro atoms. The molecule has 0 aromatic rings. The highest BCUT2D eigenvalue weighted by Gasteiger charge is 2.60. The van der Waals surface area contributed by atoms with E-state index in [0.29, 0.717) is 29.4 Å². The van der Waals surface area contributed by atoms with Gasteiger partial charge in [-0.15, -0.1) is 0 Å². The molecule has 0 amide bonds. The molecule has 3 nitrogen and oxygen atoms in total. The molecule has 0 aliphatic heterocycles. The van der Waals surface area contributed by atoms with Crippen LogP contribution in [-0.2, 0) is 0 Å². The molecule has 4 rings (SSSR count). The minimum Gasteiger partial charge on any atom is -0.513 e. The van der Waals surface area contributed by atoms with Gasteiger partial charge in [0, 0.05) is 12.3 Å². The summed E-state index contributed by atoms with van der Waals surface area (Å²) in [5, 5.41) is 30.5. The lowest BCUT2D eigenvalue weighted by atomic mass is 9.48. The van der Waals surface area contributed by atoms with Crippen molar-refractivity contribution in [1.82, 2.24) is 0 Å².